The number of ether oxygens (including phenoxy) is 2. The molecule has 0 aromatic heterocycles. The molecule has 10 nitrogen and oxygen atoms in total. The van der Waals surface area contributed by atoms with E-state index in [1.54, 1.807) is 31.2 Å². The van der Waals surface area contributed by atoms with Gasteiger partial charge in [0.25, 0.3) is 0 Å². The lowest BCUT2D eigenvalue weighted by Crippen LogP contribution is -2.37. The number of fused-ring (bicyclic) bond motifs is 1. The fourth-order valence-electron chi connectivity index (χ4n) is 7.22. The Labute approximate surface area is 343 Å². The van der Waals surface area contributed by atoms with E-state index in [1.807, 2.05) is 68.4 Å². The molecule has 0 fully saturated rings. The summed E-state index contributed by atoms with van der Waals surface area (Å²) in [5.41, 5.74) is 13.0. The van der Waals surface area contributed by atoms with E-state index in [0.717, 1.165) is 34.4 Å². The summed E-state index contributed by atoms with van der Waals surface area (Å²) in [6.45, 7) is 6.18. The standard InChI is InChI=1S/C45H48F3N3O7S/c1-4-56-43(53)24-40(39-17-18-41(44(49)30(39)3)50-25-34(20-21-52)32-12-14-37(15-13-32)45(46,47)48)33-11-10-29(2)35(22-33)26-51-27-36-23-38(16-19-42(36)58-59(51,54)55)57-28-31-8-6-5-7-9-31/h5-19,22-23,34,40,50,52H,4,20-21,24-28,49H2,1-3H3. The Balaban J connectivity index is 1.24. The van der Waals surface area contributed by atoms with Crippen molar-refractivity contribution in [2.75, 3.05) is 30.8 Å². The summed E-state index contributed by atoms with van der Waals surface area (Å²) in [5, 5.41) is 13.0. The molecule has 2 atom stereocenters. The third-order valence-electron chi connectivity index (χ3n) is 10.6. The number of nitrogens with one attached hydrogen (secondary N) is 1. The Morgan fingerprint density at radius 2 is 1.69 bits per heavy atom. The second-order valence-electron chi connectivity index (χ2n) is 14.6. The van der Waals surface area contributed by atoms with Gasteiger partial charge in [-0.15, -0.1) is 0 Å². The number of benzene rings is 5. The number of hydrogen-bond donors (Lipinski definition) is 3. The summed E-state index contributed by atoms with van der Waals surface area (Å²) in [4.78, 5) is 13.1. The van der Waals surface area contributed by atoms with Crippen LogP contribution >= 0.6 is 0 Å². The van der Waals surface area contributed by atoms with Crippen molar-refractivity contribution in [3.05, 3.63) is 153 Å². The number of rotatable bonds is 16. The maximum atomic E-state index is 13.4. The Bertz CT molecular complexity index is 2360. The number of aliphatic hydroxyl groups excluding tert-OH is 1. The first kappa shape index (κ1) is 43.0. The zero-order chi connectivity index (χ0) is 42.3. The van der Waals surface area contributed by atoms with E-state index in [-0.39, 0.29) is 50.9 Å². The molecule has 14 heteroatoms. The third-order valence-corrected chi connectivity index (χ3v) is 11.9. The Morgan fingerprint density at radius 1 is 0.966 bits per heavy atom. The number of carbonyl (C=O) groups excluding carboxylic acids is 1. The zero-order valence-electron chi connectivity index (χ0n) is 33.1. The van der Waals surface area contributed by atoms with E-state index in [2.05, 4.69) is 5.32 Å². The summed E-state index contributed by atoms with van der Waals surface area (Å²) in [5.74, 6) is -0.421. The molecule has 0 aliphatic carbocycles. The number of nitrogens with two attached hydrogens (primary N) is 1. The number of hydrogen-bond acceptors (Lipinski definition) is 9. The number of carbonyl (C=O) groups is 1. The molecular formula is C45H48F3N3O7S. The average Bonchev–Trinajstić information content (AvgIpc) is 3.20. The SMILES string of the molecule is CCOC(=O)CC(c1ccc(C)c(CN2Cc3cc(OCc4ccccc4)ccc3OS2(=O)=O)c1)c1ccc(NCC(CCO)c2ccc(C(F)(F)F)cc2)c(N)c1C. The molecule has 0 spiro atoms. The van der Waals surface area contributed by atoms with Crippen molar-refractivity contribution in [3.8, 4) is 11.5 Å². The van der Waals surface area contributed by atoms with Gasteiger partial charge < -0.3 is 29.8 Å². The number of nitrogens with zero attached hydrogens (tertiary/aromatic N) is 1. The van der Waals surface area contributed by atoms with E-state index in [9.17, 15) is 31.5 Å². The van der Waals surface area contributed by atoms with Crippen LogP contribution in [0.3, 0.4) is 0 Å². The lowest BCUT2D eigenvalue weighted by molar-refractivity contribution is -0.143. The minimum Gasteiger partial charge on any atom is -0.489 e. The normalized spacial score (nSPS) is 14.8. The zero-order valence-corrected chi connectivity index (χ0v) is 33.9. The lowest BCUT2D eigenvalue weighted by atomic mass is 9.84. The first-order valence-corrected chi connectivity index (χ1v) is 20.7. The van der Waals surface area contributed by atoms with Crippen LogP contribution in [0.25, 0.3) is 0 Å². The number of nitrogen functional groups attached to an aromatic ring is 1. The molecule has 1 aliphatic rings. The molecule has 0 amide bonds. The number of aryl methyl sites for hydroxylation is 1. The van der Waals surface area contributed by atoms with Gasteiger partial charge in [0, 0.05) is 43.6 Å². The molecule has 2 unspecified atom stereocenters. The van der Waals surface area contributed by atoms with Gasteiger partial charge in [-0.25, -0.2) is 0 Å². The maximum absolute atomic E-state index is 13.4. The van der Waals surface area contributed by atoms with Gasteiger partial charge in [0.1, 0.15) is 18.1 Å². The molecule has 1 heterocycles. The van der Waals surface area contributed by atoms with E-state index in [1.165, 1.54) is 16.4 Å². The molecule has 4 N–H and O–H groups in total. The van der Waals surface area contributed by atoms with Crippen molar-refractivity contribution in [1.29, 1.82) is 0 Å². The maximum Gasteiger partial charge on any atom is 0.416 e. The summed E-state index contributed by atoms with van der Waals surface area (Å²) in [6.07, 6.45) is -4.16. The average molecular weight is 832 g/mol. The van der Waals surface area contributed by atoms with Gasteiger partial charge in [0.2, 0.25) is 0 Å². The van der Waals surface area contributed by atoms with Crippen LogP contribution in [0.1, 0.15) is 81.7 Å². The topological polar surface area (TPSA) is 140 Å². The molecule has 5 aromatic carbocycles. The highest BCUT2D eigenvalue weighted by atomic mass is 32.2. The molecule has 0 saturated carbocycles. The molecule has 0 bridgehead atoms. The third kappa shape index (κ3) is 10.5. The van der Waals surface area contributed by atoms with Gasteiger partial charge in [-0.2, -0.15) is 25.9 Å². The highest BCUT2D eigenvalue weighted by molar-refractivity contribution is 7.84. The van der Waals surface area contributed by atoms with Crippen molar-refractivity contribution in [2.24, 2.45) is 0 Å². The highest BCUT2D eigenvalue weighted by Crippen LogP contribution is 2.39. The predicted molar refractivity (Wildman–Crippen MR) is 220 cm³/mol. The van der Waals surface area contributed by atoms with Crippen molar-refractivity contribution < 1.29 is 45.1 Å². The van der Waals surface area contributed by atoms with Gasteiger partial charge in [-0.05, 0) is 103 Å². The molecule has 5 aromatic rings. The van der Waals surface area contributed by atoms with Crippen molar-refractivity contribution >= 4 is 27.6 Å². The van der Waals surface area contributed by atoms with Crippen LogP contribution in [0.4, 0.5) is 24.5 Å². The van der Waals surface area contributed by atoms with E-state index in [4.69, 9.17) is 19.4 Å². The smallest absolute Gasteiger partial charge is 0.416 e. The fourth-order valence-corrected chi connectivity index (χ4v) is 8.31. The number of alkyl halides is 3. The van der Waals surface area contributed by atoms with E-state index >= 15 is 0 Å². The molecule has 312 valence electrons. The molecule has 0 radical (unpaired) electrons. The van der Waals surface area contributed by atoms with E-state index < -0.39 is 33.9 Å². The van der Waals surface area contributed by atoms with Crippen LogP contribution in [-0.2, 0) is 45.7 Å². The first-order valence-electron chi connectivity index (χ1n) is 19.3. The van der Waals surface area contributed by atoms with Crippen LogP contribution in [0.2, 0.25) is 0 Å². The van der Waals surface area contributed by atoms with Crippen LogP contribution in [-0.4, -0.2) is 43.6 Å². The van der Waals surface area contributed by atoms with Crippen molar-refractivity contribution in [3.63, 3.8) is 0 Å². The minimum absolute atomic E-state index is 0.000586. The Hall–Kier alpha value is -5.57. The van der Waals surface area contributed by atoms with Crippen molar-refractivity contribution in [1.82, 2.24) is 4.31 Å². The van der Waals surface area contributed by atoms with Crippen LogP contribution in [0.5, 0.6) is 11.5 Å². The molecule has 1 aliphatic heterocycles. The second-order valence-corrected chi connectivity index (χ2v) is 16.1. The molecule has 0 saturated heterocycles. The fraction of sp³-hybridized carbons (Fsp3) is 0.311. The molecule has 6 rings (SSSR count). The Kier molecular flexibility index (Phi) is 13.5. The summed E-state index contributed by atoms with van der Waals surface area (Å²) in [6, 6.07) is 29.0. The summed E-state index contributed by atoms with van der Waals surface area (Å²) < 4.78 is 84.5. The van der Waals surface area contributed by atoms with Crippen LogP contribution in [0, 0.1) is 13.8 Å². The Morgan fingerprint density at radius 3 is 2.39 bits per heavy atom. The number of halogens is 3. The predicted octanol–water partition coefficient (Wildman–Crippen LogP) is 8.79. The van der Waals surface area contributed by atoms with Gasteiger partial charge >= 0.3 is 22.4 Å². The van der Waals surface area contributed by atoms with Gasteiger partial charge in [-0.3, -0.25) is 4.79 Å². The van der Waals surface area contributed by atoms with Gasteiger partial charge in [0.05, 0.1) is 30.0 Å². The first-order chi connectivity index (χ1) is 28.2. The summed E-state index contributed by atoms with van der Waals surface area (Å²) >= 11 is 0. The van der Waals surface area contributed by atoms with E-state index in [0.29, 0.717) is 52.4 Å². The lowest BCUT2D eigenvalue weighted by Gasteiger charge is -2.29. The largest absolute Gasteiger partial charge is 0.489 e. The van der Waals surface area contributed by atoms with Gasteiger partial charge in [-0.1, -0.05) is 66.7 Å². The monoisotopic (exact) mass is 831 g/mol. The number of anilines is 2. The quantitative estimate of drug-likeness (QED) is 0.0658. The minimum atomic E-state index is -4.46. The number of esters is 1. The second kappa shape index (κ2) is 18.6. The number of aliphatic hydroxyl groups is 1. The molecular weight excluding hydrogens is 784 g/mol. The van der Waals surface area contributed by atoms with Crippen LogP contribution in [0.15, 0.2) is 103 Å². The molecule has 59 heavy (non-hydrogen) atoms. The summed E-state index contributed by atoms with van der Waals surface area (Å²) in [7, 11) is -4.15. The highest BCUT2D eigenvalue weighted by Gasteiger charge is 2.33. The van der Waals surface area contributed by atoms with Crippen molar-refractivity contribution in [2.45, 2.75) is 71.3 Å². The van der Waals surface area contributed by atoms with Gasteiger partial charge in [0.15, 0.2) is 0 Å². The van der Waals surface area contributed by atoms with Crippen LogP contribution < -0.4 is 20.0 Å².